The van der Waals surface area contributed by atoms with Crippen LogP contribution in [0.4, 0.5) is 4.79 Å². The van der Waals surface area contributed by atoms with Crippen molar-refractivity contribution in [2.75, 3.05) is 0 Å². The first-order valence-electron chi connectivity index (χ1n) is 16.5. The van der Waals surface area contributed by atoms with Crippen LogP contribution in [0.15, 0.2) is 48.7 Å². The molecule has 0 radical (unpaired) electrons. The van der Waals surface area contributed by atoms with Crippen LogP contribution in [0.2, 0.25) is 36.3 Å². The topological polar surface area (TPSA) is 97.7 Å². The fraction of sp³-hybridized carbons (Fsp3) is 0.703. The van der Waals surface area contributed by atoms with E-state index in [-0.39, 0.29) is 33.0 Å². The van der Waals surface area contributed by atoms with E-state index in [9.17, 15) is 14.9 Å². The number of rotatable bonds is 8. The molecule has 2 aliphatic carbocycles. The van der Waals surface area contributed by atoms with Gasteiger partial charge in [-0.15, -0.1) is 6.58 Å². The van der Waals surface area contributed by atoms with Crippen LogP contribution < -0.4 is 5.32 Å². The molecule has 0 aromatic carbocycles. The lowest BCUT2D eigenvalue weighted by molar-refractivity contribution is -0.148. The van der Waals surface area contributed by atoms with Crippen molar-refractivity contribution in [3.05, 3.63) is 48.7 Å². The van der Waals surface area contributed by atoms with Crippen molar-refractivity contribution in [1.82, 2.24) is 5.32 Å². The second-order valence-electron chi connectivity index (χ2n) is 18.0. The van der Waals surface area contributed by atoms with Crippen LogP contribution in [-0.4, -0.2) is 46.3 Å². The van der Waals surface area contributed by atoms with Gasteiger partial charge in [-0.3, -0.25) is 10.1 Å². The number of allylic oxidation sites excluding steroid dienone is 3. The highest BCUT2D eigenvalue weighted by molar-refractivity contribution is 6.74. The number of hydrogen-bond acceptors (Lipinski definition) is 6. The minimum Gasteiger partial charge on any atom is -0.444 e. The Morgan fingerprint density at radius 3 is 1.89 bits per heavy atom. The number of nitrogens with one attached hydrogen (secondary N) is 1. The lowest BCUT2D eigenvalue weighted by Gasteiger charge is -2.60. The number of nitrogens with zero attached hydrogens (tertiary/aromatic N) is 1. The van der Waals surface area contributed by atoms with E-state index < -0.39 is 56.8 Å². The van der Waals surface area contributed by atoms with E-state index in [1.54, 1.807) is 32.9 Å². The van der Waals surface area contributed by atoms with Gasteiger partial charge in [0.05, 0.1) is 24.0 Å². The first-order valence-corrected chi connectivity index (χ1v) is 22.3. The number of nitriles is 1. The number of amides is 1. The summed E-state index contributed by atoms with van der Waals surface area (Å²) in [6.45, 7) is 41.3. The molecule has 258 valence electrons. The molecule has 0 unspecified atom stereocenters. The van der Waals surface area contributed by atoms with Crippen LogP contribution in [0.1, 0.15) is 89.5 Å². The van der Waals surface area contributed by atoms with E-state index in [0.29, 0.717) is 6.42 Å². The third-order valence-corrected chi connectivity index (χ3v) is 20.2. The molecular weight excluding hydrogens is 609 g/mol. The van der Waals surface area contributed by atoms with E-state index in [0.717, 1.165) is 0 Å². The predicted molar refractivity (Wildman–Crippen MR) is 193 cm³/mol. The van der Waals surface area contributed by atoms with Crippen molar-refractivity contribution in [2.24, 2.45) is 22.2 Å². The van der Waals surface area contributed by atoms with Gasteiger partial charge in [-0.25, -0.2) is 4.79 Å². The second kappa shape index (κ2) is 12.6. The Morgan fingerprint density at radius 2 is 1.48 bits per heavy atom. The predicted octanol–water partition coefficient (Wildman–Crippen LogP) is 9.62. The molecular formula is C37H62N2O5Si2. The van der Waals surface area contributed by atoms with Crippen LogP contribution in [0.5, 0.6) is 0 Å². The molecule has 2 rings (SSSR count). The highest BCUT2D eigenvalue weighted by Gasteiger charge is 2.68. The van der Waals surface area contributed by atoms with Gasteiger partial charge in [0, 0.05) is 22.3 Å². The maximum Gasteiger partial charge on any atom is 0.412 e. The van der Waals surface area contributed by atoms with Gasteiger partial charge in [0.1, 0.15) is 11.0 Å². The Balaban J connectivity index is 3.09. The summed E-state index contributed by atoms with van der Waals surface area (Å²) in [5.41, 5.74) is -3.64. The van der Waals surface area contributed by atoms with Gasteiger partial charge in [0.15, 0.2) is 22.4 Å². The zero-order valence-corrected chi connectivity index (χ0v) is 33.7. The molecule has 7 nitrogen and oxygen atoms in total. The minimum atomic E-state index is -2.50. The van der Waals surface area contributed by atoms with Crippen molar-refractivity contribution in [3.63, 3.8) is 0 Å². The average molecular weight is 671 g/mol. The first-order chi connectivity index (χ1) is 20.5. The highest BCUT2D eigenvalue weighted by atomic mass is 28.4. The first kappa shape index (κ1) is 39.9. The number of alkyl carbamates (subject to hydrolysis) is 1. The third kappa shape index (κ3) is 7.25. The summed E-state index contributed by atoms with van der Waals surface area (Å²) in [5.74, 6) is -0.571. The summed E-state index contributed by atoms with van der Waals surface area (Å²) >= 11 is 0. The Kier molecular flexibility index (Phi) is 11.0. The molecule has 0 spiro atoms. The summed E-state index contributed by atoms with van der Waals surface area (Å²) in [7, 11) is -4.86. The van der Waals surface area contributed by atoms with Crippen LogP contribution >= 0.6 is 0 Å². The maximum absolute atomic E-state index is 14.9. The molecule has 0 saturated heterocycles. The zero-order chi connectivity index (χ0) is 36.1. The second-order valence-corrected chi connectivity index (χ2v) is 27.5. The number of ether oxygens (including phenoxy) is 1. The molecule has 9 heteroatoms. The molecule has 0 aromatic heterocycles. The number of Topliss-reactive ketones (excluding diaryl/α,β-unsaturated/α-hetero) is 1. The van der Waals surface area contributed by atoms with E-state index >= 15 is 0 Å². The maximum atomic E-state index is 14.9. The largest absolute Gasteiger partial charge is 0.444 e. The number of fused-ring (bicyclic) bond motifs is 2. The van der Waals surface area contributed by atoms with Crippen molar-refractivity contribution in [2.45, 2.75) is 144 Å². The van der Waals surface area contributed by atoms with Crippen LogP contribution in [0.25, 0.3) is 0 Å². The van der Waals surface area contributed by atoms with Crippen LogP contribution in [0, 0.1) is 33.5 Å². The van der Waals surface area contributed by atoms with Gasteiger partial charge in [-0.2, -0.15) is 5.26 Å². The van der Waals surface area contributed by atoms with Gasteiger partial charge < -0.3 is 13.6 Å². The Bertz CT molecular complexity index is 1330. The molecule has 46 heavy (non-hydrogen) atoms. The Morgan fingerprint density at radius 1 is 0.978 bits per heavy atom. The van der Waals surface area contributed by atoms with Crippen molar-refractivity contribution in [3.8, 4) is 6.07 Å². The van der Waals surface area contributed by atoms with Gasteiger partial charge >= 0.3 is 6.09 Å². The van der Waals surface area contributed by atoms with Crippen molar-refractivity contribution in [1.29, 1.82) is 5.26 Å². The standard InChI is InChI=1S/C37H62N2O5Si2/c1-19-21-27(39-31(41)42-32(3,4)5)25-23-37(24-38)30(44-46(17,18)34(9,10)11)26(35(12,13)29(25)40)22-28(36(37,14)20-2)43-45(15,16)33(6,7)8/h19-21,23,26,28,30H,1-2,22H2,3-18H3,(H,39,41)/b27-21+/t26-,28-,30+,36+,37+/m0/s1. The fourth-order valence-electron chi connectivity index (χ4n) is 6.03. The fourth-order valence-corrected chi connectivity index (χ4v) is 8.77. The summed E-state index contributed by atoms with van der Waals surface area (Å²) in [6, 6.07) is 2.72. The molecule has 0 heterocycles. The molecule has 5 atom stereocenters. The Hall–Kier alpha value is -2.26. The normalized spacial score (nSPS) is 29.2. The van der Waals surface area contributed by atoms with Crippen molar-refractivity contribution >= 4 is 28.5 Å². The van der Waals surface area contributed by atoms with Gasteiger partial charge in [-0.1, -0.05) is 81.0 Å². The van der Waals surface area contributed by atoms with Gasteiger partial charge in [0.2, 0.25) is 0 Å². The lowest BCUT2D eigenvalue weighted by atomic mass is 9.50. The molecule has 0 aromatic rings. The third-order valence-electron chi connectivity index (χ3n) is 11.3. The average Bonchev–Trinajstić information content (AvgIpc) is 2.91. The number of hydrogen-bond donors (Lipinski definition) is 1. The molecule has 2 bridgehead atoms. The summed E-state index contributed by atoms with van der Waals surface area (Å²) in [4.78, 5) is 28.0. The molecule has 2 aliphatic rings. The van der Waals surface area contributed by atoms with Crippen molar-refractivity contribution < 1.29 is 23.2 Å². The van der Waals surface area contributed by atoms with E-state index in [2.05, 4.69) is 92.3 Å². The smallest absolute Gasteiger partial charge is 0.412 e. The highest BCUT2D eigenvalue weighted by Crippen LogP contribution is 2.63. The quantitative estimate of drug-likeness (QED) is 0.157. The van der Waals surface area contributed by atoms with Crippen LogP contribution in [0.3, 0.4) is 0 Å². The van der Waals surface area contributed by atoms with E-state index in [1.165, 1.54) is 6.08 Å². The molecule has 1 N–H and O–H groups in total. The van der Waals surface area contributed by atoms with E-state index in [4.69, 9.17) is 13.6 Å². The molecule has 0 aliphatic heterocycles. The number of carbonyl (C=O) groups excluding carboxylic acids is 2. The molecule has 1 saturated carbocycles. The number of ketones is 1. The molecule has 1 amide bonds. The minimum absolute atomic E-state index is 0.0852. The summed E-state index contributed by atoms with van der Waals surface area (Å²) < 4.78 is 20.1. The van der Waals surface area contributed by atoms with Gasteiger partial charge in [0.25, 0.3) is 0 Å². The molecule has 1 fully saturated rings. The summed E-state index contributed by atoms with van der Waals surface area (Å²) in [5, 5.41) is 14.1. The van der Waals surface area contributed by atoms with Gasteiger partial charge in [-0.05, 0) is 75.6 Å². The monoisotopic (exact) mass is 670 g/mol. The SMILES string of the molecule is C=C/C=C(/NC(=O)OC(C)(C)C)C1=C[C@@]2(C#N)[C@H](O[Si](C)(C)C(C)(C)C)[C@H](C[C@H](O[Si](C)(C)C(C)(C)C)[C@@]2(C)C=C)C(C)(C)C1=O. The van der Waals surface area contributed by atoms with Crippen LogP contribution in [-0.2, 0) is 18.4 Å². The van der Waals surface area contributed by atoms with E-state index in [1.807, 2.05) is 26.8 Å². The lowest BCUT2D eigenvalue weighted by Crippen LogP contribution is -2.66. The number of carbonyl (C=O) groups is 2. The zero-order valence-electron chi connectivity index (χ0n) is 31.7. The Labute approximate surface area is 282 Å². The summed E-state index contributed by atoms with van der Waals surface area (Å²) in [6.07, 6.45) is 5.44.